The summed E-state index contributed by atoms with van der Waals surface area (Å²) < 4.78 is 34.5. The molecule has 8 nitrogen and oxygen atoms in total. The van der Waals surface area contributed by atoms with E-state index in [1.807, 2.05) is 0 Å². The summed E-state index contributed by atoms with van der Waals surface area (Å²) in [5.41, 5.74) is -1.95. The quantitative estimate of drug-likeness (QED) is 0.370. The number of H-pyrrole nitrogens is 1. The van der Waals surface area contributed by atoms with Crippen molar-refractivity contribution in [3.63, 3.8) is 0 Å². The van der Waals surface area contributed by atoms with Crippen LogP contribution < -0.4 is 10.2 Å². The van der Waals surface area contributed by atoms with E-state index in [0.29, 0.717) is 15.9 Å². The molecule has 0 aliphatic carbocycles. The molecule has 2 heterocycles. The molecular formula is C23H15ClF2N4O4. The molecule has 1 aromatic heterocycles. The Hall–Kier alpha value is -4.02. The molecule has 34 heavy (non-hydrogen) atoms. The molecule has 0 saturated carbocycles. The Morgan fingerprint density at radius 1 is 1.21 bits per heavy atom. The number of rotatable bonds is 3. The first-order valence-corrected chi connectivity index (χ1v) is 10.3. The molecule has 4 aromatic rings. The first-order valence-electron chi connectivity index (χ1n) is 9.91. The number of nitrogens with zero attached hydrogens (tertiary/aromatic N) is 2. The van der Waals surface area contributed by atoms with Crippen LogP contribution in [-0.4, -0.2) is 34.2 Å². The summed E-state index contributed by atoms with van der Waals surface area (Å²) in [6, 6.07) is 12.5. The summed E-state index contributed by atoms with van der Waals surface area (Å²) in [6.45, 7) is 0. The Balaban J connectivity index is 1.73. The second-order valence-corrected chi connectivity index (χ2v) is 7.89. The van der Waals surface area contributed by atoms with Crippen LogP contribution in [0.15, 0.2) is 54.6 Å². The Labute approximate surface area is 195 Å². The summed E-state index contributed by atoms with van der Waals surface area (Å²) in [4.78, 5) is 32.5. The van der Waals surface area contributed by atoms with Crippen LogP contribution in [0.25, 0.3) is 11.0 Å². The molecule has 3 aromatic carbocycles. The zero-order chi connectivity index (χ0) is 24.2. The molecule has 172 valence electrons. The van der Waals surface area contributed by atoms with Gasteiger partial charge in [-0.15, -0.1) is 0 Å². The molecule has 1 aliphatic heterocycles. The molecule has 11 heteroatoms. The number of aliphatic hydroxyl groups is 1. The van der Waals surface area contributed by atoms with Gasteiger partial charge in [-0.2, -0.15) is 0 Å². The van der Waals surface area contributed by atoms with Crippen molar-refractivity contribution >= 4 is 46.3 Å². The van der Waals surface area contributed by atoms with Crippen molar-refractivity contribution in [2.75, 3.05) is 17.3 Å². The Bertz CT molecular complexity index is 1490. The zero-order valence-corrected chi connectivity index (χ0v) is 18.2. The van der Waals surface area contributed by atoms with Gasteiger partial charge in [0, 0.05) is 16.7 Å². The molecule has 0 fully saturated rings. The summed E-state index contributed by atoms with van der Waals surface area (Å²) in [6.07, 6.45) is -0.744. The number of aromatic nitrogens is 2. The summed E-state index contributed by atoms with van der Waals surface area (Å²) in [5.74, 6) is -2.99. The van der Waals surface area contributed by atoms with Gasteiger partial charge >= 0.3 is 6.09 Å². The van der Waals surface area contributed by atoms with Gasteiger partial charge < -0.3 is 14.8 Å². The SMILES string of the molecule is COC(=O)Nc1nc2ccc(C3(O)c4ccccc4C(=O)N3c3c(F)ccc(Cl)c3F)cc2[nH]1. The van der Waals surface area contributed by atoms with Crippen LogP contribution in [0.3, 0.4) is 0 Å². The minimum atomic E-state index is -2.28. The van der Waals surface area contributed by atoms with Crippen LogP contribution in [0.4, 0.5) is 25.2 Å². The fraction of sp³-hybridized carbons (Fsp3) is 0.0870. The molecule has 0 radical (unpaired) electrons. The van der Waals surface area contributed by atoms with E-state index in [-0.39, 0.29) is 22.6 Å². The number of hydrogen-bond acceptors (Lipinski definition) is 5. The monoisotopic (exact) mass is 484 g/mol. The molecule has 3 N–H and O–H groups in total. The normalized spacial score (nSPS) is 17.2. The van der Waals surface area contributed by atoms with Gasteiger partial charge in [-0.05, 0) is 30.3 Å². The van der Waals surface area contributed by atoms with Crippen molar-refractivity contribution in [2.45, 2.75) is 5.72 Å². The van der Waals surface area contributed by atoms with Crippen molar-refractivity contribution in [2.24, 2.45) is 0 Å². The highest BCUT2D eigenvalue weighted by molar-refractivity contribution is 6.31. The van der Waals surface area contributed by atoms with Crippen molar-refractivity contribution in [3.05, 3.63) is 87.9 Å². The highest BCUT2D eigenvalue weighted by atomic mass is 35.5. The van der Waals surface area contributed by atoms with Gasteiger partial charge in [0.15, 0.2) is 11.5 Å². The van der Waals surface area contributed by atoms with E-state index >= 15 is 4.39 Å². The van der Waals surface area contributed by atoms with Crippen LogP contribution in [0.5, 0.6) is 0 Å². The fourth-order valence-corrected chi connectivity index (χ4v) is 4.22. The molecule has 1 unspecified atom stereocenters. The van der Waals surface area contributed by atoms with Crippen molar-refractivity contribution in [3.8, 4) is 0 Å². The molecule has 0 bridgehead atoms. The maximum atomic E-state index is 15.0. The van der Waals surface area contributed by atoms with Crippen LogP contribution in [0.2, 0.25) is 5.02 Å². The lowest BCUT2D eigenvalue weighted by Crippen LogP contribution is -2.46. The van der Waals surface area contributed by atoms with Gasteiger partial charge in [-0.1, -0.05) is 35.9 Å². The summed E-state index contributed by atoms with van der Waals surface area (Å²) >= 11 is 5.88. The molecular weight excluding hydrogens is 470 g/mol. The fourth-order valence-electron chi connectivity index (χ4n) is 4.06. The minimum Gasteiger partial charge on any atom is -0.453 e. The van der Waals surface area contributed by atoms with Gasteiger partial charge in [0.05, 0.1) is 23.2 Å². The lowest BCUT2D eigenvalue weighted by Gasteiger charge is -2.35. The third kappa shape index (κ3) is 3.11. The standard InChI is InChI=1S/C23H15ClF2N4O4/c1-34-22(32)29-21-27-16-9-6-11(10-17(16)28-21)23(33)13-5-3-2-4-12(13)20(31)30(23)19-15(25)8-7-14(24)18(19)26/h2-10,33H,1H3,(H2,27,28,29,32). The number of ether oxygens (including phenoxy) is 1. The van der Waals surface area contributed by atoms with Gasteiger partial charge in [0.1, 0.15) is 11.5 Å². The van der Waals surface area contributed by atoms with E-state index in [2.05, 4.69) is 20.0 Å². The van der Waals surface area contributed by atoms with E-state index in [1.165, 1.54) is 37.4 Å². The predicted molar refractivity (Wildman–Crippen MR) is 120 cm³/mol. The second-order valence-electron chi connectivity index (χ2n) is 7.48. The van der Waals surface area contributed by atoms with Gasteiger partial charge in [-0.3, -0.25) is 15.0 Å². The maximum absolute atomic E-state index is 15.0. The number of aromatic amines is 1. The molecule has 1 atom stereocenters. The van der Waals surface area contributed by atoms with Crippen molar-refractivity contribution in [1.29, 1.82) is 0 Å². The molecule has 5 rings (SSSR count). The number of fused-ring (bicyclic) bond motifs is 2. The number of imidazole rings is 1. The molecule has 2 amide bonds. The Kier molecular flexibility index (Phi) is 4.99. The van der Waals surface area contributed by atoms with Crippen molar-refractivity contribution < 1.29 is 28.2 Å². The zero-order valence-electron chi connectivity index (χ0n) is 17.4. The van der Waals surface area contributed by atoms with E-state index < -0.39 is 40.1 Å². The third-order valence-electron chi connectivity index (χ3n) is 5.59. The third-order valence-corrected chi connectivity index (χ3v) is 5.89. The first-order chi connectivity index (χ1) is 16.3. The van der Waals surface area contributed by atoms with Crippen LogP contribution in [-0.2, 0) is 10.5 Å². The smallest absolute Gasteiger partial charge is 0.413 e. The highest BCUT2D eigenvalue weighted by Gasteiger charge is 2.52. The average molecular weight is 485 g/mol. The number of amides is 2. The van der Waals surface area contributed by atoms with E-state index in [4.69, 9.17) is 11.6 Å². The molecule has 0 spiro atoms. The maximum Gasteiger partial charge on any atom is 0.413 e. The Morgan fingerprint density at radius 3 is 2.74 bits per heavy atom. The lowest BCUT2D eigenvalue weighted by atomic mass is 9.93. The number of halogens is 3. The van der Waals surface area contributed by atoms with Gasteiger partial charge in [0.2, 0.25) is 5.95 Å². The van der Waals surface area contributed by atoms with Crippen molar-refractivity contribution in [1.82, 2.24) is 9.97 Å². The van der Waals surface area contributed by atoms with Crippen LogP contribution >= 0.6 is 11.6 Å². The number of methoxy groups -OCH3 is 1. The molecule has 1 aliphatic rings. The molecule has 0 saturated heterocycles. The summed E-state index contributed by atoms with van der Waals surface area (Å²) in [5, 5.41) is 14.0. The largest absolute Gasteiger partial charge is 0.453 e. The van der Waals surface area contributed by atoms with Crippen LogP contribution in [0.1, 0.15) is 21.5 Å². The van der Waals surface area contributed by atoms with E-state index in [1.54, 1.807) is 12.1 Å². The first kappa shape index (κ1) is 21.8. The van der Waals surface area contributed by atoms with Crippen LogP contribution in [0, 0.1) is 11.6 Å². The number of anilines is 2. The van der Waals surface area contributed by atoms with Gasteiger partial charge in [-0.25, -0.2) is 18.6 Å². The Morgan fingerprint density at radius 2 is 1.97 bits per heavy atom. The van der Waals surface area contributed by atoms with Gasteiger partial charge in [0.25, 0.3) is 5.91 Å². The van der Waals surface area contributed by atoms with E-state index in [9.17, 15) is 19.1 Å². The predicted octanol–water partition coefficient (Wildman–Crippen LogP) is 4.53. The minimum absolute atomic E-state index is 0.0709. The summed E-state index contributed by atoms with van der Waals surface area (Å²) in [7, 11) is 1.20. The number of hydrogen-bond donors (Lipinski definition) is 3. The topological polar surface area (TPSA) is 108 Å². The second kappa shape index (κ2) is 7.79. The number of carbonyl (C=O) groups excluding carboxylic acids is 2. The number of benzene rings is 3. The average Bonchev–Trinajstić information content (AvgIpc) is 3.33. The lowest BCUT2D eigenvalue weighted by molar-refractivity contribution is 0.0693. The highest BCUT2D eigenvalue weighted by Crippen LogP contribution is 2.47. The number of carbonyl (C=O) groups is 2. The number of nitrogens with one attached hydrogen (secondary N) is 2. The van der Waals surface area contributed by atoms with E-state index in [0.717, 1.165) is 12.1 Å².